The van der Waals surface area contributed by atoms with Gasteiger partial charge in [0.1, 0.15) is 0 Å². The fourth-order valence-electron chi connectivity index (χ4n) is 3.66. The van der Waals surface area contributed by atoms with Gasteiger partial charge in [0.15, 0.2) is 0 Å². The number of rotatable bonds is 2. The van der Waals surface area contributed by atoms with Gasteiger partial charge in [0.25, 0.3) is 0 Å². The van der Waals surface area contributed by atoms with Crippen molar-refractivity contribution >= 4 is 0 Å². The van der Waals surface area contributed by atoms with Gasteiger partial charge in [-0.2, -0.15) is 0 Å². The second-order valence-electron chi connectivity index (χ2n) is 5.35. The smallest absolute Gasteiger partial charge is 0.0158 e. The molecule has 82 valence electrons. The van der Waals surface area contributed by atoms with Gasteiger partial charge < -0.3 is 9.80 Å². The van der Waals surface area contributed by atoms with Crippen LogP contribution in [-0.4, -0.2) is 49.6 Å². The minimum Gasteiger partial charge on any atom is -0.306 e. The summed E-state index contributed by atoms with van der Waals surface area (Å²) in [6.07, 6.45) is 5.76. The molecule has 1 aliphatic heterocycles. The molecule has 1 spiro atoms. The largest absolute Gasteiger partial charge is 0.306 e. The average Bonchev–Trinajstić information content (AvgIpc) is 2.74. The minimum absolute atomic E-state index is 0.652. The molecule has 2 nitrogen and oxygen atoms in total. The predicted molar refractivity (Wildman–Crippen MR) is 60.5 cm³/mol. The van der Waals surface area contributed by atoms with Crippen LogP contribution in [0, 0.1) is 5.41 Å². The lowest BCUT2D eigenvalue weighted by molar-refractivity contribution is 0.136. The predicted octanol–water partition coefficient (Wildman–Crippen LogP) is 1.81. The van der Waals surface area contributed by atoms with Crippen LogP contribution >= 0.6 is 0 Å². The minimum atomic E-state index is 0.652. The van der Waals surface area contributed by atoms with Gasteiger partial charge in [-0.1, -0.05) is 13.3 Å². The van der Waals surface area contributed by atoms with Crippen molar-refractivity contribution in [2.45, 2.75) is 38.6 Å². The SMILES string of the molecule is CCN1CCC2(CCCC2N(C)C)C1. The Kier molecular flexibility index (Phi) is 2.85. The summed E-state index contributed by atoms with van der Waals surface area (Å²) in [5.41, 5.74) is 0.652. The molecule has 2 rings (SSSR count). The quantitative estimate of drug-likeness (QED) is 0.664. The first-order chi connectivity index (χ1) is 6.68. The van der Waals surface area contributed by atoms with Crippen molar-refractivity contribution in [2.75, 3.05) is 33.7 Å². The molecule has 2 unspecified atom stereocenters. The molecule has 1 saturated carbocycles. The van der Waals surface area contributed by atoms with E-state index in [1.165, 1.54) is 45.3 Å². The Morgan fingerprint density at radius 1 is 1.36 bits per heavy atom. The summed E-state index contributed by atoms with van der Waals surface area (Å²) in [5.74, 6) is 0. The summed E-state index contributed by atoms with van der Waals surface area (Å²) in [5, 5.41) is 0. The zero-order valence-corrected chi connectivity index (χ0v) is 9.92. The number of likely N-dealkylation sites (tertiary alicyclic amines) is 1. The molecule has 0 radical (unpaired) electrons. The third-order valence-electron chi connectivity index (χ3n) is 4.39. The highest BCUT2D eigenvalue weighted by Crippen LogP contribution is 2.47. The van der Waals surface area contributed by atoms with Crippen molar-refractivity contribution in [3.8, 4) is 0 Å². The molecular formula is C12H24N2. The molecule has 1 saturated heterocycles. The molecule has 2 atom stereocenters. The molecule has 1 heterocycles. The Hall–Kier alpha value is -0.0800. The Bertz CT molecular complexity index is 202. The van der Waals surface area contributed by atoms with E-state index in [9.17, 15) is 0 Å². The van der Waals surface area contributed by atoms with E-state index in [0.717, 1.165) is 6.04 Å². The molecule has 0 amide bonds. The molecule has 0 N–H and O–H groups in total. The molecule has 2 fully saturated rings. The summed E-state index contributed by atoms with van der Waals surface area (Å²) >= 11 is 0. The number of nitrogens with zero attached hydrogens (tertiary/aromatic N) is 2. The Morgan fingerprint density at radius 2 is 2.14 bits per heavy atom. The Labute approximate surface area is 88.3 Å². The van der Waals surface area contributed by atoms with E-state index in [-0.39, 0.29) is 0 Å². The summed E-state index contributed by atoms with van der Waals surface area (Å²) in [7, 11) is 4.51. The standard InChI is InChI=1S/C12H24N2/c1-4-14-9-8-12(10-14)7-5-6-11(12)13(2)3/h11H,4-10H2,1-3H3. The van der Waals surface area contributed by atoms with Crippen LogP contribution in [-0.2, 0) is 0 Å². The molecule has 14 heavy (non-hydrogen) atoms. The third-order valence-corrected chi connectivity index (χ3v) is 4.39. The van der Waals surface area contributed by atoms with Gasteiger partial charge in [-0.05, 0) is 51.9 Å². The van der Waals surface area contributed by atoms with Crippen LogP contribution in [0.15, 0.2) is 0 Å². The molecule has 2 aliphatic rings. The van der Waals surface area contributed by atoms with E-state index in [2.05, 4.69) is 30.8 Å². The van der Waals surface area contributed by atoms with E-state index < -0.39 is 0 Å². The van der Waals surface area contributed by atoms with E-state index in [4.69, 9.17) is 0 Å². The van der Waals surface area contributed by atoms with Crippen molar-refractivity contribution < 1.29 is 0 Å². The highest BCUT2D eigenvalue weighted by Gasteiger charge is 2.47. The molecule has 1 aliphatic carbocycles. The van der Waals surface area contributed by atoms with E-state index in [1.807, 2.05) is 0 Å². The number of hydrogen-bond acceptors (Lipinski definition) is 2. The highest BCUT2D eigenvalue weighted by molar-refractivity contribution is 5.01. The monoisotopic (exact) mass is 196 g/mol. The third kappa shape index (κ3) is 1.59. The zero-order valence-electron chi connectivity index (χ0n) is 9.92. The molecule has 0 aromatic rings. The second kappa shape index (κ2) is 3.82. The fourth-order valence-corrected chi connectivity index (χ4v) is 3.66. The van der Waals surface area contributed by atoms with Gasteiger partial charge in [-0.3, -0.25) is 0 Å². The Morgan fingerprint density at radius 3 is 2.71 bits per heavy atom. The van der Waals surface area contributed by atoms with Crippen LogP contribution in [0.5, 0.6) is 0 Å². The van der Waals surface area contributed by atoms with Gasteiger partial charge in [-0.15, -0.1) is 0 Å². The summed E-state index contributed by atoms with van der Waals surface area (Å²) in [4.78, 5) is 5.09. The van der Waals surface area contributed by atoms with Crippen LogP contribution in [0.25, 0.3) is 0 Å². The molecular weight excluding hydrogens is 172 g/mol. The second-order valence-corrected chi connectivity index (χ2v) is 5.35. The van der Waals surface area contributed by atoms with Gasteiger partial charge in [0, 0.05) is 12.6 Å². The lowest BCUT2D eigenvalue weighted by Gasteiger charge is -2.35. The van der Waals surface area contributed by atoms with E-state index in [0.29, 0.717) is 5.41 Å². The van der Waals surface area contributed by atoms with Crippen LogP contribution in [0.3, 0.4) is 0 Å². The van der Waals surface area contributed by atoms with Gasteiger partial charge in [0.2, 0.25) is 0 Å². The van der Waals surface area contributed by atoms with Crippen molar-refractivity contribution in [1.29, 1.82) is 0 Å². The first kappa shape index (κ1) is 10.4. The maximum absolute atomic E-state index is 2.63. The van der Waals surface area contributed by atoms with Crippen LogP contribution in [0.4, 0.5) is 0 Å². The summed E-state index contributed by atoms with van der Waals surface area (Å²) < 4.78 is 0. The van der Waals surface area contributed by atoms with Crippen molar-refractivity contribution in [2.24, 2.45) is 5.41 Å². The van der Waals surface area contributed by atoms with Gasteiger partial charge in [0.05, 0.1) is 0 Å². The van der Waals surface area contributed by atoms with Crippen LogP contribution in [0.1, 0.15) is 32.6 Å². The number of hydrogen-bond donors (Lipinski definition) is 0. The van der Waals surface area contributed by atoms with Crippen LogP contribution in [0.2, 0.25) is 0 Å². The fraction of sp³-hybridized carbons (Fsp3) is 1.00. The zero-order chi connectivity index (χ0) is 10.2. The summed E-state index contributed by atoms with van der Waals surface area (Å²) in [6, 6.07) is 0.846. The molecule has 2 heteroatoms. The van der Waals surface area contributed by atoms with Crippen molar-refractivity contribution in [3.05, 3.63) is 0 Å². The normalized spacial score (nSPS) is 39.0. The van der Waals surface area contributed by atoms with E-state index in [1.54, 1.807) is 0 Å². The first-order valence-corrected chi connectivity index (χ1v) is 6.07. The lowest BCUT2D eigenvalue weighted by Crippen LogP contribution is -2.42. The van der Waals surface area contributed by atoms with Crippen molar-refractivity contribution in [1.82, 2.24) is 9.80 Å². The van der Waals surface area contributed by atoms with E-state index >= 15 is 0 Å². The molecule has 0 bridgehead atoms. The lowest BCUT2D eigenvalue weighted by atomic mass is 9.81. The Balaban J connectivity index is 2.08. The topological polar surface area (TPSA) is 6.48 Å². The highest BCUT2D eigenvalue weighted by atomic mass is 15.2. The molecule has 0 aromatic heterocycles. The average molecular weight is 196 g/mol. The van der Waals surface area contributed by atoms with Crippen molar-refractivity contribution in [3.63, 3.8) is 0 Å². The maximum Gasteiger partial charge on any atom is 0.0158 e. The van der Waals surface area contributed by atoms with Gasteiger partial charge in [-0.25, -0.2) is 0 Å². The van der Waals surface area contributed by atoms with Crippen LogP contribution < -0.4 is 0 Å². The maximum atomic E-state index is 2.63. The summed E-state index contributed by atoms with van der Waals surface area (Å²) in [6.45, 7) is 6.22. The molecule has 0 aromatic carbocycles. The van der Waals surface area contributed by atoms with Gasteiger partial charge >= 0.3 is 0 Å². The first-order valence-electron chi connectivity index (χ1n) is 6.07.